The third-order valence-electron chi connectivity index (χ3n) is 4.48. The predicted molar refractivity (Wildman–Crippen MR) is 115 cm³/mol. The van der Waals surface area contributed by atoms with Crippen molar-refractivity contribution in [2.75, 3.05) is 20.3 Å². The van der Waals surface area contributed by atoms with Gasteiger partial charge in [-0.25, -0.2) is 4.68 Å². The molecule has 1 amide bonds. The van der Waals surface area contributed by atoms with Gasteiger partial charge in [-0.3, -0.25) is 4.79 Å². The summed E-state index contributed by atoms with van der Waals surface area (Å²) in [5.74, 6) is 1.41. The van der Waals surface area contributed by atoms with Crippen LogP contribution in [-0.2, 0) is 0 Å². The van der Waals surface area contributed by atoms with Gasteiger partial charge >= 0.3 is 0 Å². The zero-order valence-corrected chi connectivity index (χ0v) is 17.0. The number of rotatable bonds is 7. The quantitative estimate of drug-likeness (QED) is 0.466. The molecule has 0 aliphatic rings. The average molecular weight is 407 g/mol. The first kappa shape index (κ1) is 19.0. The molecule has 2 aromatic heterocycles. The number of hydrogen-bond donors (Lipinski definition) is 1. The Hall–Kier alpha value is -3.32. The van der Waals surface area contributed by atoms with E-state index in [1.807, 2.05) is 72.3 Å². The number of nitrogens with one attached hydrogen (secondary N) is 1. The second-order valence-electron chi connectivity index (χ2n) is 6.44. The molecule has 0 aliphatic heterocycles. The number of hydrogen-bond acceptors (Lipinski definition) is 5. The number of nitrogens with zero attached hydrogens (tertiary/aromatic N) is 2. The van der Waals surface area contributed by atoms with Crippen LogP contribution < -0.4 is 14.8 Å². The van der Waals surface area contributed by atoms with Gasteiger partial charge in [0.25, 0.3) is 5.91 Å². The van der Waals surface area contributed by atoms with E-state index < -0.39 is 0 Å². The van der Waals surface area contributed by atoms with E-state index in [0.29, 0.717) is 18.0 Å². The molecule has 0 fully saturated rings. The van der Waals surface area contributed by atoms with Gasteiger partial charge in [-0.1, -0.05) is 18.2 Å². The van der Waals surface area contributed by atoms with Gasteiger partial charge in [0, 0.05) is 5.39 Å². The lowest BCUT2D eigenvalue weighted by Crippen LogP contribution is -2.27. The summed E-state index contributed by atoms with van der Waals surface area (Å²) >= 11 is 1.44. The molecule has 7 heteroatoms. The fourth-order valence-electron chi connectivity index (χ4n) is 3.00. The first-order chi connectivity index (χ1) is 14.2. The standard InChI is InChI=1S/C22H21N3O3S/c1-15-19-14-20(29-22(19)25(24-15)16-6-4-3-5-7-16)21(26)23-12-13-28-18-10-8-17(27-2)9-11-18/h3-11,14H,12-13H2,1-2H3,(H,23,26). The van der Waals surface area contributed by atoms with E-state index in [0.717, 1.165) is 33.1 Å². The van der Waals surface area contributed by atoms with Crippen LogP contribution in [-0.4, -0.2) is 35.9 Å². The molecule has 29 heavy (non-hydrogen) atoms. The predicted octanol–water partition coefficient (Wildman–Crippen LogP) is 4.21. The monoisotopic (exact) mass is 407 g/mol. The first-order valence-corrected chi connectivity index (χ1v) is 10.1. The summed E-state index contributed by atoms with van der Waals surface area (Å²) in [6, 6.07) is 19.2. The lowest BCUT2D eigenvalue weighted by Gasteiger charge is -2.08. The van der Waals surface area contributed by atoms with Crippen LogP contribution in [0.1, 0.15) is 15.4 Å². The maximum absolute atomic E-state index is 12.6. The summed E-state index contributed by atoms with van der Waals surface area (Å²) in [7, 11) is 1.62. The van der Waals surface area contributed by atoms with Crippen molar-refractivity contribution in [3.05, 3.63) is 71.2 Å². The number of carbonyl (C=O) groups is 1. The minimum atomic E-state index is -0.108. The molecule has 2 aromatic carbocycles. The van der Waals surface area contributed by atoms with E-state index in [-0.39, 0.29) is 5.91 Å². The highest BCUT2D eigenvalue weighted by Crippen LogP contribution is 2.30. The third kappa shape index (κ3) is 4.09. The lowest BCUT2D eigenvalue weighted by molar-refractivity contribution is 0.0951. The number of para-hydroxylation sites is 1. The highest BCUT2D eigenvalue weighted by molar-refractivity contribution is 7.20. The van der Waals surface area contributed by atoms with Crippen LogP contribution in [0.5, 0.6) is 11.5 Å². The highest BCUT2D eigenvalue weighted by Gasteiger charge is 2.16. The van der Waals surface area contributed by atoms with Gasteiger partial charge in [0.1, 0.15) is 22.9 Å². The molecular weight excluding hydrogens is 386 g/mol. The number of thiophene rings is 1. The fraction of sp³-hybridized carbons (Fsp3) is 0.182. The molecule has 0 radical (unpaired) electrons. The molecule has 0 saturated carbocycles. The van der Waals surface area contributed by atoms with Crippen molar-refractivity contribution in [2.24, 2.45) is 0 Å². The molecule has 0 bridgehead atoms. The minimum absolute atomic E-state index is 0.108. The summed E-state index contributed by atoms with van der Waals surface area (Å²) in [6.07, 6.45) is 0. The van der Waals surface area contributed by atoms with Crippen LogP contribution in [0.4, 0.5) is 0 Å². The Morgan fingerprint density at radius 1 is 1.10 bits per heavy atom. The normalized spacial score (nSPS) is 10.8. The number of methoxy groups -OCH3 is 1. The molecule has 6 nitrogen and oxygen atoms in total. The molecule has 4 rings (SSSR count). The smallest absolute Gasteiger partial charge is 0.261 e. The van der Waals surface area contributed by atoms with Gasteiger partial charge in [0.2, 0.25) is 0 Å². The lowest BCUT2D eigenvalue weighted by atomic mass is 10.3. The van der Waals surface area contributed by atoms with Crippen LogP contribution in [0.2, 0.25) is 0 Å². The Balaban J connectivity index is 1.39. The van der Waals surface area contributed by atoms with Crippen molar-refractivity contribution in [3.8, 4) is 17.2 Å². The van der Waals surface area contributed by atoms with Crippen LogP contribution in [0.25, 0.3) is 15.9 Å². The second kappa shape index (κ2) is 8.36. The Labute approximate surface area is 172 Å². The van der Waals surface area contributed by atoms with Gasteiger partial charge in [0.15, 0.2) is 0 Å². The first-order valence-electron chi connectivity index (χ1n) is 9.25. The Kier molecular flexibility index (Phi) is 5.48. The number of ether oxygens (including phenoxy) is 2. The maximum atomic E-state index is 12.6. The van der Waals surface area contributed by atoms with Crippen LogP contribution in [0, 0.1) is 6.92 Å². The zero-order valence-electron chi connectivity index (χ0n) is 16.2. The SMILES string of the molecule is COc1ccc(OCCNC(=O)c2cc3c(C)nn(-c4ccccc4)c3s2)cc1. The number of fused-ring (bicyclic) bond motifs is 1. The largest absolute Gasteiger partial charge is 0.497 e. The minimum Gasteiger partial charge on any atom is -0.497 e. The second-order valence-corrected chi connectivity index (χ2v) is 7.47. The molecule has 0 aliphatic carbocycles. The van der Waals surface area contributed by atoms with Gasteiger partial charge in [-0.05, 0) is 49.4 Å². The number of amides is 1. The number of aryl methyl sites for hydroxylation is 1. The molecule has 0 unspecified atom stereocenters. The van der Waals surface area contributed by atoms with E-state index in [4.69, 9.17) is 9.47 Å². The summed E-state index contributed by atoms with van der Waals surface area (Å²) in [5, 5.41) is 8.52. The van der Waals surface area contributed by atoms with Gasteiger partial charge in [-0.2, -0.15) is 5.10 Å². The van der Waals surface area contributed by atoms with Gasteiger partial charge in [-0.15, -0.1) is 11.3 Å². The molecule has 1 N–H and O–H groups in total. The molecule has 4 aromatic rings. The Morgan fingerprint density at radius 2 is 1.83 bits per heavy atom. The molecule has 148 valence electrons. The van der Waals surface area contributed by atoms with E-state index in [1.165, 1.54) is 11.3 Å². The van der Waals surface area contributed by atoms with Crippen LogP contribution >= 0.6 is 11.3 Å². The highest BCUT2D eigenvalue weighted by atomic mass is 32.1. The van der Waals surface area contributed by atoms with Crippen molar-refractivity contribution in [3.63, 3.8) is 0 Å². The summed E-state index contributed by atoms with van der Waals surface area (Å²) in [4.78, 5) is 14.2. The van der Waals surface area contributed by atoms with E-state index >= 15 is 0 Å². The van der Waals surface area contributed by atoms with Crippen LogP contribution in [0.15, 0.2) is 60.7 Å². The zero-order chi connectivity index (χ0) is 20.2. The van der Waals surface area contributed by atoms with Gasteiger partial charge in [0.05, 0.1) is 29.9 Å². The number of carbonyl (C=O) groups excluding carboxylic acids is 1. The van der Waals surface area contributed by atoms with E-state index in [9.17, 15) is 4.79 Å². The Morgan fingerprint density at radius 3 is 2.55 bits per heavy atom. The Bertz CT molecular complexity index is 1120. The summed E-state index contributed by atoms with van der Waals surface area (Å²) < 4.78 is 12.7. The number of aromatic nitrogens is 2. The van der Waals surface area contributed by atoms with Gasteiger partial charge < -0.3 is 14.8 Å². The fourth-order valence-corrected chi connectivity index (χ4v) is 4.10. The molecule has 0 saturated heterocycles. The topological polar surface area (TPSA) is 65.4 Å². The average Bonchev–Trinajstić information content (AvgIpc) is 3.33. The summed E-state index contributed by atoms with van der Waals surface area (Å²) in [5.41, 5.74) is 1.88. The maximum Gasteiger partial charge on any atom is 0.261 e. The van der Waals surface area contributed by atoms with Crippen molar-refractivity contribution >= 4 is 27.5 Å². The van der Waals surface area contributed by atoms with E-state index in [1.54, 1.807) is 7.11 Å². The molecule has 2 heterocycles. The molecule has 0 spiro atoms. The number of benzene rings is 2. The van der Waals surface area contributed by atoms with Crippen molar-refractivity contribution < 1.29 is 14.3 Å². The van der Waals surface area contributed by atoms with Crippen molar-refractivity contribution in [1.82, 2.24) is 15.1 Å². The third-order valence-corrected chi connectivity index (χ3v) is 5.59. The molecule has 0 atom stereocenters. The van der Waals surface area contributed by atoms with Crippen molar-refractivity contribution in [2.45, 2.75) is 6.92 Å². The molecular formula is C22H21N3O3S. The summed E-state index contributed by atoms with van der Waals surface area (Å²) in [6.45, 7) is 2.77. The van der Waals surface area contributed by atoms with Crippen molar-refractivity contribution in [1.29, 1.82) is 0 Å². The van der Waals surface area contributed by atoms with Crippen LogP contribution in [0.3, 0.4) is 0 Å². The van der Waals surface area contributed by atoms with E-state index in [2.05, 4.69) is 10.4 Å².